The third-order valence-corrected chi connectivity index (χ3v) is 3.90. The van der Waals surface area contributed by atoms with E-state index >= 15 is 0 Å². The Bertz CT molecular complexity index is 374. The third-order valence-electron chi connectivity index (χ3n) is 3.30. The Kier molecular flexibility index (Phi) is 4.72. The van der Waals surface area contributed by atoms with Crippen LogP contribution >= 0.6 is 23.2 Å². The fraction of sp³-hybridized carbons (Fsp3) is 0.571. The monoisotopic (exact) mass is 271 g/mol. The van der Waals surface area contributed by atoms with Crippen LogP contribution in [-0.4, -0.2) is 12.6 Å². The molecule has 1 aromatic carbocycles. The predicted molar refractivity (Wildman–Crippen MR) is 75.0 cm³/mol. The van der Waals surface area contributed by atoms with E-state index in [9.17, 15) is 0 Å². The normalized spacial score (nSPS) is 17.1. The van der Waals surface area contributed by atoms with E-state index in [1.165, 1.54) is 24.8 Å². The Hall–Kier alpha value is -0.240. The van der Waals surface area contributed by atoms with E-state index in [1.54, 1.807) is 0 Å². The van der Waals surface area contributed by atoms with Crippen molar-refractivity contribution < 1.29 is 0 Å². The van der Waals surface area contributed by atoms with Gasteiger partial charge in [0.1, 0.15) is 0 Å². The molecule has 0 radical (unpaired) electrons. The minimum Gasteiger partial charge on any atom is -0.313 e. The SMILES string of the molecule is CCCNC(Cc1cc(Cl)ccc1Cl)C1CC1. The third kappa shape index (κ3) is 3.87. The Morgan fingerprint density at radius 3 is 2.76 bits per heavy atom. The van der Waals surface area contributed by atoms with Crippen LogP contribution in [0.4, 0.5) is 0 Å². The molecule has 1 atom stereocenters. The quantitative estimate of drug-likeness (QED) is 0.813. The summed E-state index contributed by atoms with van der Waals surface area (Å²) < 4.78 is 0. The molecule has 1 N–H and O–H groups in total. The van der Waals surface area contributed by atoms with E-state index < -0.39 is 0 Å². The van der Waals surface area contributed by atoms with E-state index in [0.29, 0.717) is 6.04 Å². The highest BCUT2D eigenvalue weighted by Gasteiger charge is 2.31. The Labute approximate surface area is 114 Å². The lowest BCUT2D eigenvalue weighted by Gasteiger charge is -2.18. The van der Waals surface area contributed by atoms with E-state index in [-0.39, 0.29) is 0 Å². The molecule has 1 fully saturated rings. The zero-order chi connectivity index (χ0) is 12.3. The molecule has 2 rings (SSSR count). The Morgan fingerprint density at radius 1 is 1.35 bits per heavy atom. The topological polar surface area (TPSA) is 12.0 Å². The molecule has 0 aliphatic heterocycles. The second-order valence-electron chi connectivity index (χ2n) is 4.84. The first-order chi connectivity index (χ1) is 8.20. The molecular weight excluding hydrogens is 253 g/mol. The van der Waals surface area contributed by atoms with Gasteiger partial charge in [-0.1, -0.05) is 30.1 Å². The zero-order valence-electron chi connectivity index (χ0n) is 10.2. The molecule has 17 heavy (non-hydrogen) atoms. The van der Waals surface area contributed by atoms with Crippen molar-refractivity contribution in [2.45, 2.75) is 38.6 Å². The summed E-state index contributed by atoms with van der Waals surface area (Å²) in [4.78, 5) is 0. The van der Waals surface area contributed by atoms with Crippen molar-refractivity contribution in [1.82, 2.24) is 5.32 Å². The molecule has 0 amide bonds. The van der Waals surface area contributed by atoms with Crippen LogP contribution in [-0.2, 0) is 6.42 Å². The van der Waals surface area contributed by atoms with Gasteiger partial charge in [-0.05, 0) is 61.9 Å². The second-order valence-corrected chi connectivity index (χ2v) is 5.68. The van der Waals surface area contributed by atoms with E-state index in [4.69, 9.17) is 23.2 Å². The molecule has 1 aromatic rings. The first-order valence-electron chi connectivity index (χ1n) is 6.38. The van der Waals surface area contributed by atoms with Crippen LogP contribution in [0.5, 0.6) is 0 Å². The number of hydrogen-bond acceptors (Lipinski definition) is 1. The lowest BCUT2D eigenvalue weighted by atomic mass is 10.0. The van der Waals surface area contributed by atoms with Crippen LogP contribution in [0.1, 0.15) is 31.7 Å². The van der Waals surface area contributed by atoms with Crippen molar-refractivity contribution in [1.29, 1.82) is 0 Å². The fourth-order valence-corrected chi connectivity index (χ4v) is 2.56. The summed E-state index contributed by atoms with van der Waals surface area (Å²) in [6, 6.07) is 6.29. The van der Waals surface area contributed by atoms with Gasteiger partial charge in [-0.15, -0.1) is 0 Å². The van der Waals surface area contributed by atoms with Gasteiger partial charge in [0, 0.05) is 16.1 Å². The van der Waals surface area contributed by atoms with Gasteiger partial charge < -0.3 is 5.32 Å². The van der Waals surface area contributed by atoms with Gasteiger partial charge in [0.05, 0.1) is 0 Å². The smallest absolute Gasteiger partial charge is 0.0439 e. The second kappa shape index (κ2) is 6.08. The molecule has 1 nitrogen and oxygen atoms in total. The number of nitrogens with one attached hydrogen (secondary N) is 1. The van der Waals surface area contributed by atoms with Crippen molar-refractivity contribution >= 4 is 23.2 Å². The van der Waals surface area contributed by atoms with Crippen molar-refractivity contribution in [2.24, 2.45) is 5.92 Å². The first kappa shape index (κ1) is 13.2. The molecular formula is C14H19Cl2N. The molecule has 1 unspecified atom stereocenters. The molecule has 0 heterocycles. The van der Waals surface area contributed by atoms with E-state index in [1.807, 2.05) is 18.2 Å². The molecule has 94 valence electrons. The van der Waals surface area contributed by atoms with Gasteiger partial charge in [0.15, 0.2) is 0 Å². The maximum Gasteiger partial charge on any atom is 0.0439 e. The highest BCUT2D eigenvalue weighted by Crippen LogP contribution is 2.35. The molecule has 0 spiro atoms. The lowest BCUT2D eigenvalue weighted by molar-refractivity contribution is 0.460. The van der Waals surface area contributed by atoms with Gasteiger partial charge in [-0.2, -0.15) is 0 Å². The van der Waals surface area contributed by atoms with E-state index in [0.717, 1.165) is 28.9 Å². The predicted octanol–water partition coefficient (Wildman–Crippen LogP) is 4.31. The summed E-state index contributed by atoms with van der Waals surface area (Å²) in [5.74, 6) is 0.830. The summed E-state index contributed by atoms with van der Waals surface area (Å²) in [6.45, 7) is 3.28. The van der Waals surface area contributed by atoms with Gasteiger partial charge in [-0.25, -0.2) is 0 Å². The van der Waals surface area contributed by atoms with Crippen LogP contribution in [0, 0.1) is 5.92 Å². The minimum atomic E-state index is 0.561. The van der Waals surface area contributed by atoms with Crippen molar-refractivity contribution in [3.05, 3.63) is 33.8 Å². The Balaban J connectivity index is 2.03. The molecule has 1 aliphatic rings. The van der Waals surface area contributed by atoms with Crippen LogP contribution < -0.4 is 5.32 Å². The first-order valence-corrected chi connectivity index (χ1v) is 7.13. The molecule has 3 heteroatoms. The standard InChI is InChI=1S/C14H19Cl2N/c1-2-7-17-14(10-3-4-10)9-11-8-12(15)5-6-13(11)16/h5-6,8,10,14,17H,2-4,7,9H2,1H3. The maximum atomic E-state index is 6.21. The zero-order valence-corrected chi connectivity index (χ0v) is 11.7. The fourth-order valence-electron chi connectivity index (χ4n) is 2.17. The Morgan fingerprint density at radius 2 is 2.12 bits per heavy atom. The van der Waals surface area contributed by atoms with Crippen LogP contribution in [0.15, 0.2) is 18.2 Å². The van der Waals surface area contributed by atoms with Crippen LogP contribution in [0.3, 0.4) is 0 Å². The van der Waals surface area contributed by atoms with Gasteiger partial charge >= 0.3 is 0 Å². The van der Waals surface area contributed by atoms with Crippen molar-refractivity contribution in [3.63, 3.8) is 0 Å². The summed E-state index contributed by atoms with van der Waals surface area (Å²) in [5, 5.41) is 5.23. The molecule has 1 aliphatic carbocycles. The highest BCUT2D eigenvalue weighted by molar-refractivity contribution is 6.33. The number of rotatable bonds is 6. The number of halogens is 2. The number of hydrogen-bond donors (Lipinski definition) is 1. The summed E-state index contributed by atoms with van der Waals surface area (Å²) >= 11 is 12.2. The van der Waals surface area contributed by atoms with E-state index in [2.05, 4.69) is 12.2 Å². The minimum absolute atomic E-state index is 0.561. The molecule has 1 saturated carbocycles. The molecule has 0 bridgehead atoms. The largest absolute Gasteiger partial charge is 0.313 e. The highest BCUT2D eigenvalue weighted by atomic mass is 35.5. The lowest BCUT2D eigenvalue weighted by Crippen LogP contribution is -2.33. The average Bonchev–Trinajstić information content (AvgIpc) is 3.13. The number of benzene rings is 1. The van der Waals surface area contributed by atoms with Crippen molar-refractivity contribution in [2.75, 3.05) is 6.54 Å². The summed E-state index contributed by atoms with van der Waals surface area (Å²) in [7, 11) is 0. The maximum absolute atomic E-state index is 6.21. The molecule has 0 aromatic heterocycles. The van der Waals surface area contributed by atoms with Crippen molar-refractivity contribution in [3.8, 4) is 0 Å². The average molecular weight is 272 g/mol. The van der Waals surface area contributed by atoms with Crippen LogP contribution in [0.2, 0.25) is 10.0 Å². The summed E-state index contributed by atoms with van der Waals surface area (Å²) in [6.07, 6.45) is 4.86. The van der Waals surface area contributed by atoms with Crippen LogP contribution in [0.25, 0.3) is 0 Å². The summed E-state index contributed by atoms with van der Waals surface area (Å²) in [5.41, 5.74) is 1.17. The van der Waals surface area contributed by atoms with Gasteiger partial charge in [0.2, 0.25) is 0 Å². The van der Waals surface area contributed by atoms with Gasteiger partial charge in [0.25, 0.3) is 0 Å². The molecule has 0 saturated heterocycles. The van der Waals surface area contributed by atoms with Gasteiger partial charge in [-0.3, -0.25) is 0 Å².